The fourth-order valence-electron chi connectivity index (χ4n) is 4.10. The number of hydrogen-bond donors (Lipinski definition) is 1. The molecule has 0 spiro atoms. The lowest BCUT2D eigenvalue weighted by molar-refractivity contribution is 0.0730. The molecule has 0 bridgehead atoms. The summed E-state index contributed by atoms with van der Waals surface area (Å²) in [5.74, 6) is 1.21. The second-order valence-corrected chi connectivity index (χ2v) is 8.18. The number of aromatic nitrogens is 2. The molecule has 2 aromatic heterocycles. The maximum atomic E-state index is 13.6. The minimum absolute atomic E-state index is 0.0281. The predicted molar refractivity (Wildman–Crippen MR) is 109 cm³/mol. The van der Waals surface area contributed by atoms with E-state index in [1.807, 2.05) is 30.0 Å². The summed E-state index contributed by atoms with van der Waals surface area (Å²) in [4.78, 5) is 23.9. The lowest BCUT2D eigenvalue weighted by Crippen LogP contribution is -2.37. The van der Waals surface area contributed by atoms with Crippen molar-refractivity contribution < 1.29 is 13.9 Å². The van der Waals surface area contributed by atoms with E-state index in [9.17, 15) is 4.79 Å². The highest BCUT2D eigenvalue weighted by Crippen LogP contribution is 2.41. The average Bonchev–Trinajstić information content (AvgIpc) is 3.34. The van der Waals surface area contributed by atoms with Crippen LogP contribution in [0.25, 0.3) is 11.0 Å². The monoisotopic (exact) mass is 392 g/mol. The molecule has 1 fully saturated rings. The Morgan fingerprint density at radius 1 is 1.31 bits per heavy atom. The summed E-state index contributed by atoms with van der Waals surface area (Å²) in [5, 5.41) is 4.48. The summed E-state index contributed by atoms with van der Waals surface area (Å²) >= 11 is 0. The largest absolute Gasteiger partial charge is 0.481 e. The minimum Gasteiger partial charge on any atom is -0.481 e. The van der Waals surface area contributed by atoms with Crippen molar-refractivity contribution in [3.05, 3.63) is 47.1 Å². The van der Waals surface area contributed by atoms with Crippen LogP contribution in [0.3, 0.4) is 0 Å². The molecule has 3 heterocycles. The van der Waals surface area contributed by atoms with E-state index in [1.165, 1.54) is 6.33 Å². The Kier molecular flexibility index (Phi) is 4.01. The lowest BCUT2D eigenvalue weighted by atomic mass is 10.0. The van der Waals surface area contributed by atoms with E-state index in [-0.39, 0.29) is 11.4 Å². The second-order valence-electron chi connectivity index (χ2n) is 8.18. The summed E-state index contributed by atoms with van der Waals surface area (Å²) in [7, 11) is 1.61. The van der Waals surface area contributed by atoms with E-state index >= 15 is 0 Å². The highest BCUT2D eigenvalue weighted by molar-refractivity contribution is 6.11. The number of nitrogens with zero attached hydrogens (tertiary/aromatic N) is 3. The van der Waals surface area contributed by atoms with E-state index in [0.29, 0.717) is 36.7 Å². The third-order valence-electron chi connectivity index (χ3n) is 5.99. The van der Waals surface area contributed by atoms with E-state index in [4.69, 9.17) is 9.15 Å². The van der Waals surface area contributed by atoms with E-state index < -0.39 is 0 Å². The Labute approximate surface area is 169 Å². The zero-order chi connectivity index (χ0) is 20.2. The van der Waals surface area contributed by atoms with Gasteiger partial charge in [0.05, 0.1) is 30.3 Å². The molecule has 0 saturated heterocycles. The molecule has 1 saturated carbocycles. The van der Waals surface area contributed by atoms with Gasteiger partial charge in [-0.25, -0.2) is 9.97 Å². The maximum absolute atomic E-state index is 13.6. The van der Waals surface area contributed by atoms with Crippen LogP contribution in [0.4, 0.5) is 5.69 Å². The molecule has 1 amide bonds. The summed E-state index contributed by atoms with van der Waals surface area (Å²) in [6.07, 6.45) is 4.42. The molecule has 1 aliphatic heterocycles. The number of hydrogen-bond acceptors (Lipinski definition) is 6. The number of furan rings is 1. The number of carbonyl (C=O) groups excluding carboxylic acids is 1. The van der Waals surface area contributed by atoms with Crippen LogP contribution in [-0.2, 0) is 13.0 Å². The number of ether oxygens (including phenoxy) is 1. The van der Waals surface area contributed by atoms with Crippen LogP contribution in [0, 0.1) is 6.92 Å². The Morgan fingerprint density at radius 3 is 2.90 bits per heavy atom. The van der Waals surface area contributed by atoms with E-state index in [0.717, 1.165) is 40.8 Å². The van der Waals surface area contributed by atoms with Crippen molar-refractivity contribution in [1.29, 1.82) is 0 Å². The van der Waals surface area contributed by atoms with Crippen LogP contribution in [0.15, 0.2) is 28.9 Å². The summed E-state index contributed by atoms with van der Waals surface area (Å²) in [6.45, 7) is 5.09. The van der Waals surface area contributed by atoms with Crippen molar-refractivity contribution in [3.63, 3.8) is 0 Å². The summed E-state index contributed by atoms with van der Waals surface area (Å²) < 4.78 is 11.3. The van der Waals surface area contributed by atoms with E-state index in [2.05, 4.69) is 22.2 Å². The average molecular weight is 392 g/mol. The molecule has 150 valence electrons. The van der Waals surface area contributed by atoms with Gasteiger partial charge < -0.3 is 19.4 Å². The predicted octanol–water partition coefficient (Wildman–Crippen LogP) is 3.70. The number of rotatable bonds is 4. The standard InChI is InChI=1S/C22H24N4O3/c1-13-18(19-15(25-22(2)8-9-22)5-4-6-17(19)29-13)21(27)26-10-7-14-16(11-26)23-12-24-20(14)28-3/h4-6,12,25H,7-11H2,1-3H3. The molecule has 0 unspecified atom stereocenters. The Hall–Kier alpha value is -3.09. The number of aryl methyl sites for hydroxylation is 1. The Morgan fingerprint density at radius 2 is 2.14 bits per heavy atom. The molecule has 5 rings (SSSR count). The molecule has 1 aromatic carbocycles. The van der Waals surface area contributed by atoms with Crippen LogP contribution in [0.1, 0.15) is 47.1 Å². The normalized spacial score (nSPS) is 17.1. The number of methoxy groups -OCH3 is 1. The fraction of sp³-hybridized carbons (Fsp3) is 0.409. The number of fused-ring (bicyclic) bond motifs is 2. The van der Waals surface area contributed by atoms with Gasteiger partial charge in [0.1, 0.15) is 17.7 Å². The number of carbonyl (C=O) groups is 1. The van der Waals surface area contributed by atoms with Crippen LogP contribution < -0.4 is 10.1 Å². The second kappa shape index (κ2) is 6.47. The summed E-state index contributed by atoms with van der Waals surface area (Å²) in [5.41, 5.74) is 4.27. The first-order valence-corrected chi connectivity index (χ1v) is 9.95. The quantitative estimate of drug-likeness (QED) is 0.729. The SMILES string of the molecule is COc1ncnc2c1CCN(C(=O)c1c(C)oc3cccc(NC4(C)CC4)c13)C2. The fourth-order valence-corrected chi connectivity index (χ4v) is 4.10. The van der Waals surface area contributed by atoms with Gasteiger partial charge in [-0.1, -0.05) is 6.07 Å². The third-order valence-corrected chi connectivity index (χ3v) is 5.99. The molecule has 7 heteroatoms. The van der Waals surface area contributed by atoms with Gasteiger partial charge in [0.2, 0.25) is 5.88 Å². The zero-order valence-electron chi connectivity index (χ0n) is 16.9. The van der Waals surface area contributed by atoms with Gasteiger partial charge in [0.15, 0.2) is 0 Å². The van der Waals surface area contributed by atoms with E-state index in [1.54, 1.807) is 7.11 Å². The van der Waals surface area contributed by atoms with Crippen molar-refractivity contribution in [3.8, 4) is 5.88 Å². The molecule has 3 aromatic rings. The van der Waals surface area contributed by atoms with Crippen molar-refractivity contribution >= 4 is 22.6 Å². The molecule has 1 aliphatic carbocycles. The van der Waals surface area contributed by atoms with Crippen molar-refractivity contribution in [2.45, 2.75) is 45.2 Å². The van der Waals surface area contributed by atoms with Gasteiger partial charge in [0, 0.05) is 23.3 Å². The molecule has 0 atom stereocenters. The van der Waals surface area contributed by atoms with Crippen molar-refractivity contribution in [2.24, 2.45) is 0 Å². The van der Waals surface area contributed by atoms with Crippen LogP contribution in [-0.4, -0.2) is 40.0 Å². The first-order chi connectivity index (χ1) is 14.0. The summed E-state index contributed by atoms with van der Waals surface area (Å²) in [6, 6.07) is 5.91. The van der Waals surface area contributed by atoms with Gasteiger partial charge in [-0.15, -0.1) is 0 Å². The van der Waals surface area contributed by atoms with Crippen LogP contribution >= 0.6 is 0 Å². The molecule has 1 N–H and O–H groups in total. The number of anilines is 1. The highest BCUT2D eigenvalue weighted by Gasteiger charge is 2.38. The maximum Gasteiger partial charge on any atom is 0.258 e. The number of amides is 1. The zero-order valence-corrected chi connectivity index (χ0v) is 16.9. The minimum atomic E-state index is -0.0281. The van der Waals surface area contributed by atoms with Crippen LogP contribution in [0.5, 0.6) is 5.88 Å². The molecule has 29 heavy (non-hydrogen) atoms. The van der Waals surface area contributed by atoms with Gasteiger partial charge in [0.25, 0.3) is 5.91 Å². The lowest BCUT2D eigenvalue weighted by Gasteiger charge is -2.28. The third kappa shape index (κ3) is 3.01. The van der Waals surface area contributed by atoms with Crippen LogP contribution in [0.2, 0.25) is 0 Å². The molecular formula is C22H24N4O3. The van der Waals surface area contributed by atoms with Gasteiger partial charge in [-0.05, 0) is 45.2 Å². The first-order valence-electron chi connectivity index (χ1n) is 9.95. The van der Waals surface area contributed by atoms with Gasteiger partial charge in [-0.2, -0.15) is 0 Å². The molecular weight excluding hydrogens is 368 g/mol. The highest BCUT2D eigenvalue weighted by atomic mass is 16.5. The Balaban J connectivity index is 1.52. The van der Waals surface area contributed by atoms with Crippen molar-refractivity contribution in [2.75, 3.05) is 19.0 Å². The van der Waals surface area contributed by atoms with Crippen molar-refractivity contribution in [1.82, 2.24) is 14.9 Å². The molecule has 0 radical (unpaired) electrons. The topological polar surface area (TPSA) is 80.5 Å². The molecule has 7 nitrogen and oxygen atoms in total. The van der Waals surface area contributed by atoms with Gasteiger partial charge in [-0.3, -0.25) is 4.79 Å². The smallest absolute Gasteiger partial charge is 0.258 e. The Bertz CT molecular complexity index is 1120. The number of nitrogens with one attached hydrogen (secondary N) is 1. The molecule has 2 aliphatic rings. The number of benzene rings is 1. The van der Waals surface area contributed by atoms with Gasteiger partial charge >= 0.3 is 0 Å². The first kappa shape index (κ1) is 18.0.